The number of nitrogens with zero attached hydrogens (tertiary/aromatic N) is 2. The maximum atomic E-state index is 11.3. The van der Waals surface area contributed by atoms with Crippen LogP contribution >= 0.6 is 0 Å². The van der Waals surface area contributed by atoms with Crippen molar-refractivity contribution in [3.8, 4) is 0 Å². The lowest BCUT2D eigenvalue weighted by atomic mass is 10.2. The second kappa shape index (κ2) is 6.49. The summed E-state index contributed by atoms with van der Waals surface area (Å²) in [7, 11) is -3.02. The number of nitrogens with one attached hydrogen (secondary N) is 1. The van der Waals surface area contributed by atoms with Gasteiger partial charge in [0.25, 0.3) is 0 Å². The molecule has 5 nitrogen and oxygen atoms in total. The molecule has 1 aliphatic heterocycles. The average molecular weight is 261 g/mol. The van der Waals surface area contributed by atoms with Gasteiger partial charge in [-0.3, -0.25) is 4.90 Å². The van der Waals surface area contributed by atoms with E-state index in [4.69, 9.17) is 0 Å². The molecule has 0 aromatic carbocycles. The van der Waals surface area contributed by atoms with Crippen molar-refractivity contribution in [1.29, 1.82) is 0 Å². The summed E-state index contributed by atoms with van der Waals surface area (Å²) >= 11 is 0. The van der Waals surface area contributed by atoms with Gasteiger partial charge in [0.05, 0.1) is 6.26 Å². The molecule has 100 valence electrons. The Labute approximate surface area is 105 Å². The number of sulfonamides is 1. The summed E-state index contributed by atoms with van der Waals surface area (Å²) in [5, 5.41) is 3.24. The van der Waals surface area contributed by atoms with Crippen LogP contribution in [0.1, 0.15) is 6.92 Å². The molecule has 1 aliphatic rings. The highest BCUT2D eigenvalue weighted by atomic mass is 32.2. The molecule has 0 spiro atoms. The van der Waals surface area contributed by atoms with Crippen LogP contribution in [0.3, 0.4) is 0 Å². The van der Waals surface area contributed by atoms with Gasteiger partial charge in [0.15, 0.2) is 0 Å². The van der Waals surface area contributed by atoms with Gasteiger partial charge in [-0.15, -0.1) is 0 Å². The highest BCUT2D eigenvalue weighted by Crippen LogP contribution is 2.07. The lowest BCUT2D eigenvalue weighted by Gasteiger charge is -2.33. The average Bonchev–Trinajstić information content (AvgIpc) is 2.26. The first kappa shape index (κ1) is 14.6. The molecule has 6 heteroatoms. The Morgan fingerprint density at radius 1 is 1.29 bits per heavy atom. The maximum absolute atomic E-state index is 11.3. The van der Waals surface area contributed by atoms with Crippen LogP contribution in [0.25, 0.3) is 0 Å². The first-order valence-corrected chi connectivity index (χ1v) is 7.83. The van der Waals surface area contributed by atoms with Crippen LogP contribution in [0.2, 0.25) is 0 Å². The van der Waals surface area contributed by atoms with E-state index in [1.807, 2.05) is 0 Å². The zero-order chi connectivity index (χ0) is 12.9. The topological polar surface area (TPSA) is 52.6 Å². The fraction of sp³-hybridized carbons (Fsp3) is 0.818. The van der Waals surface area contributed by atoms with Gasteiger partial charge in [-0.2, -0.15) is 4.31 Å². The van der Waals surface area contributed by atoms with Crippen molar-refractivity contribution in [2.45, 2.75) is 6.92 Å². The zero-order valence-corrected chi connectivity index (χ0v) is 11.6. The molecule has 0 aromatic rings. The lowest BCUT2D eigenvalue weighted by Crippen LogP contribution is -2.48. The van der Waals surface area contributed by atoms with E-state index in [1.165, 1.54) is 10.6 Å². The SMILES string of the molecule is C=C(CNCC)CN1CCN(S(C)(=O)=O)CC1. The van der Waals surface area contributed by atoms with Crippen molar-refractivity contribution in [2.24, 2.45) is 0 Å². The molecular weight excluding hydrogens is 238 g/mol. The van der Waals surface area contributed by atoms with Gasteiger partial charge < -0.3 is 5.32 Å². The standard InChI is InChI=1S/C11H23N3O2S/c1-4-12-9-11(2)10-13-5-7-14(8-6-13)17(3,15)16/h12H,2,4-10H2,1,3H3. The monoisotopic (exact) mass is 261 g/mol. The summed E-state index contributed by atoms with van der Waals surface area (Å²) in [6, 6.07) is 0. The van der Waals surface area contributed by atoms with Gasteiger partial charge in [0, 0.05) is 39.3 Å². The fourth-order valence-corrected chi connectivity index (χ4v) is 2.72. The number of piperazine rings is 1. The molecule has 1 fully saturated rings. The minimum atomic E-state index is -3.02. The van der Waals surface area contributed by atoms with E-state index in [9.17, 15) is 8.42 Å². The predicted octanol–water partition coefficient (Wildman–Crippen LogP) is -0.271. The van der Waals surface area contributed by atoms with E-state index < -0.39 is 10.0 Å². The summed E-state index contributed by atoms with van der Waals surface area (Å²) in [6.45, 7) is 11.5. The Kier molecular flexibility index (Phi) is 5.58. The van der Waals surface area contributed by atoms with Gasteiger partial charge in [-0.1, -0.05) is 13.5 Å². The molecule has 17 heavy (non-hydrogen) atoms. The Bertz CT molecular complexity index is 346. The van der Waals surface area contributed by atoms with Gasteiger partial charge in [0.2, 0.25) is 10.0 Å². The molecule has 0 aliphatic carbocycles. The summed E-state index contributed by atoms with van der Waals surface area (Å²) < 4.78 is 24.2. The van der Waals surface area contributed by atoms with Crippen LogP contribution < -0.4 is 5.32 Å². The van der Waals surface area contributed by atoms with Crippen LogP contribution in [-0.4, -0.2) is 69.7 Å². The Hall–Kier alpha value is -0.430. The fourth-order valence-electron chi connectivity index (χ4n) is 1.89. The van der Waals surface area contributed by atoms with Crippen molar-refractivity contribution < 1.29 is 8.42 Å². The van der Waals surface area contributed by atoms with E-state index in [0.29, 0.717) is 13.1 Å². The molecule has 0 unspecified atom stereocenters. The Balaban J connectivity index is 2.30. The molecule has 1 N–H and O–H groups in total. The second-order valence-electron chi connectivity index (χ2n) is 4.47. The van der Waals surface area contributed by atoms with Crippen molar-refractivity contribution in [2.75, 3.05) is 52.1 Å². The molecule has 1 saturated heterocycles. The van der Waals surface area contributed by atoms with E-state index in [2.05, 4.69) is 23.7 Å². The lowest BCUT2D eigenvalue weighted by molar-refractivity contribution is 0.201. The molecule has 0 saturated carbocycles. The predicted molar refractivity (Wildman–Crippen MR) is 70.5 cm³/mol. The van der Waals surface area contributed by atoms with Crippen LogP contribution in [0.4, 0.5) is 0 Å². The maximum Gasteiger partial charge on any atom is 0.211 e. The summed E-state index contributed by atoms with van der Waals surface area (Å²) in [5.74, 6) is 0. The molecule has 0 amide bonds. The number of hydrogen-bond acceptors (Lipinski definition) is 4. The van der Waals surface area contributed by atoms with Crippen LogP contribution in [0.15, 0.2) is 12.2 Å². The number of rotatable bonds is 6. The van der Waals surface area contributed by atoms with Crippen LogP contribution in [0, 0.1) is 0 Å². The molecular formula is C11H23N3O2S. The normalized spacial score (nSPS) is 19.4. The largest absolute Gasteiger partial charge is 0.313 e. The van der Waals surface area contributed by atoms with Gasteiger partial charge in [-0.05, 0) is 12.1 Å². The van der Waals surface area contributed by atoms with Gasteiger partial charge in [-0.25, -0.2) is 8.42 Å². The molecule has 0 radical (unpaired) electrons. The third-order valence-electron chi connectivity index (χ3n) is 2.87. The molecule has 1 heterocycles. The van der Waals surface area contributed by atoms with Crippen LogP contribution in [-0.2, 0) is 10.0 Å². The first-order valence-electron chi connectivity index (χ1n) is 5.98. The molecule has 0 atom stereocenters. The third-order valence-corrected chi connectivity index (χ3v) is 4.18. The summed E-state index contributed by atoms with van der Waals surface area (Å²) in [4.78, 5) is 2.25. The van der Waals surface area contributed by atoms with E-state index >= 15 is 0 Å². The first-order chi connectivity index (χ1) is 7.93. The zero-order valence-electron chi connectivity index (χ0n) is 10.8. The van der Waals surface area contributed by atoms with Crippen LogP contribution in [0.5, 0.6) is 0 Å². The van der Waals surface area contributed by atoms with E-state index in [0.717, 1.165) is 38.3 Å². The van der Waals surface area contributed by atoms with Crippen molar-refractivity contribution in [3.05, 3.63) is 12.2 Å². The smallest absolute Gasteiger partial charge is 0.211 e. The molecule has 1 rings (SSSR count). The highest BCUT2D eigenvalue weighted by molar-refractivity contribution is 7.88. The van der Waals surface area contributed by atoms with Crippen molar-refractivity contribution in [3.63, 3.8) is 0 Å². The number of likely N-dealkylation sites (N-methyl/N-ethyl adjacent to an activating group) is 1. The summed E-state index contributed by atoms with van der Waals surface area (Å²) in [5.41, 5.74) is 1.15. The quantitative estimate of drug-likeness (QED) is 0.669. The summed E-state index contributed by atoms with van der Waals surface area (Å²) in [6.07, 6.45) is 1.27. The van der Waals surface area contributed by atoms with Crippen molar-refractivity contribution in [1.82, 2.24) is 14.5 Å². The van der Waals surface area contributed by atoms with E-state index in [1.54, 1.807) is 0 Å². The molecule has 0 aromatic heterocycles. The minimum absolute atomic E-state index is 0.591. The second-order valence-corrected chi connectivity index (χ2v) is 6.45. The molecule has 0 bridgehead atoms. The Morgan fingerprint density at radius 2 is 1.88 bits per heavy atom. The van der Waals surface area contributed by atoms with Gasteiger partial charge >= 0.3 is 0 Å². The van der Waals surface area contributed by atoms with Crippen molar-refractivity contribution >= 4 is 10.0 Å². The minimum Gasteiger partial charge on any atom is -0.313 e. The van der Waals surface area contributed by atoms with Gasteiger partial charge in [0.1, 0.15) is 0 Å². The third kappa shape index (κ3) is 5.16. The Morgan fingerprint density at radius 3 is 2.35 bits per heavy atom. The highest BCUT2D eigenvalue weighted by Gasteiger charge is 2.23. The van der Waals surface area contributed by atoms with E-state index in [-0.39, 0.29) is 0 Å². The number of hydrogen-bond donors (Lipinski definition) is 1.